The SMILES string of the molecule is NCCCC(=O)c1cc(Cl)ccc1Cl. The lowest BCUT2D eigenvalue weighted by Crippen LogP contribution is -2.05. The molecule has 1 aromatic carbocycles. The van der Waals surface area contributed by atoms with Crippen LogP contribution >= 0.6 is 23.2 Å². The van der Waals surface area contributed by atoms with Crippen LogP contribution in [-0.2, 0) is 0 Å². The molecule has 0 bridgehead atoms. The minimum atomic E-state index is -0.0112. The zero-order valence-electron chi connectivity index (χ0n) is 7.59. The predicted molar refractivity (Wildman–Crippen MR) is 59.1 cm³/mol. The minimum absolute atomic E-state index is 0.0112. The van der Waals surface area contributed by atoms with Crippen molar-refractivity contribution in [2.45, 2.75) is 12.8 Å². The van der Waals surface area contributed by atoms with Crippen LogP contribution in [0, 0.1) is 0 Å². The lowest BCUT2D eigenvalue weighted by atomic mass is 10.1. The van der Waals surface area contributed by atoms with E-state index < -0.39 is 0 Å². The van der Waals surface area contributed by atoms with Crippen LogP contribution in [0.25, 0.3) is 0 Å². The van der Waals surface area contributed by atoms with E-state index in [4.69, 9.17) is 28.9 Å². The summed E-state index contributed by atoms with van der Waals surface area (Å²) in [5.74, 6) is -0.0112. The second kappa shape index (κ2) is 5.35. The maximum absolute atomic E-state index is 11.6. The highest BCUT2D eigenvalue weighted by Gasteiger charge is 2.09. The molecule has 0 saturated carbocycles. The highest BCUT2D eigenvalue weighted by Crippen LogP contribution is 2.22. The Morgan fingerprint density at radius 3 is 2.71 bits per heavy atom. The number of nitrogens with two attached hydrogens (primary N) is 1. The first-order valence-electron chi connectivity index (χ1n) is 4.33. The highest BCUT2D eigenvalue weighted by molar-refractivity contribution is 6.35. The summed E-state index contributed by atoms with van der Waals surface area (Å²) in [6.45, 7) is 0.504. The van der Waals surface area contributed by atoms with Gasteiger partial charge in [-0.25, -0.2) is 0 Å². The zero-order chi connectivity index (χ0) is 10.6. The third kappa shape index (κ3) is 2.98. The molecule has 0 atom stereocenters. The van der Waals surface area contributed by atoms with Crippen molar-refractivity contribution in [2.24, 2.45) is 5.73 Å². The number of benzene rings is 1. The van der Waals surface area contributed by atoms with E-state index in [0.29, 0.717) is 35.0 Å². The van der Waals surface area contributed by atoms with Crippen molar-refractivity contribution in [1.82, 2.24) is 0 Å². The third-order valence-electron chi connectivity index (χ3n) is 1.84. The third-order valence-corrected chi connectivity index (χ3v) is 2.40. The summed E-state index contributed by atoms with van der Waals surface area (Å²) in [6.07, 6.45) is 1.08. The molecule has 76 valence electrons. The van der Waals surface area contributed by atoms with Crippen molar-refractivity contribution in [3.05, 3.63) is 33.8 Å². The fourth-order valence-electron chi connectivity index (χ4n) is 1.11. The largest absolute Gasteiger partial charge is 0.330 e. The molecule has 14 heavy (non-hydrogen) atoms. The van der Waals surface area contributed by atoms with Crippen molar-refractivity contribution >= 4 is 29.0 Å². The molecule has 0 aliphatic rings. The summed E-state index contributed by atoms with van der Waals surface area (Å²) in [4.78, 5) is 11.6. The molecular weight excluding hydrogens is 221 g/mol. The van der Waals surface area contributed by atoms with Gasteiger partial charge in [0.2, 0.25) is 0 Å². The van der Waals surface area contributed by atoms with Gasteiger partial charge in [-0.15, -0.1) is 0 Å². The van der Waals surface area contributed by atoms with E-state index in [2.05, 4.69) is 0 Å². The van der Waals surface area contributed by atoms with Gasteiger partial charge in [0, 0.05) is 17.0 Å². The lowest BCUT2D eigenvalue weighted by molar-refractivity contribution is 0.0981. The van der Waals surface area contributed by atoms with Gasteiger partial charge in [0.15, 0.2) is 5.78 Å². The molecule has 2 N–H and O–H groups in total. The Hall–Kier alpha value is -0.570. The van der Waals surface area contributed by atoms with Gasteiger partial charge in [-0.1, -0.05) is 23.2 Å². The van der Waals surface area contributed by atoms with Crippen molar-refractivity contribution in [3.8, 4) is 0 Å². The molecule has 1 rings (SSSR count). The van der Waals surface area contributed by atoms with Gasteiger partial charge >= 0.3 is 0 Å². The quantitative estimate of drug-likeness (QED) is 0.811. The summed E-state index contributed by atoms with van der Waals surface area (Å²) in [6, 6.07) is 4.87. The van der Waals surface area contributed by atoms with E-state index >= 15 is 0 Å². The Bertz CT molecular complexity index is 339. The maximum atomic E-state index is 11.6. The number of rotatable bonds is 4. The maximum Gasteiger partial charge on any atom is 0.164 e. The number of carbonyl (C=O) groups excluding carboxylic acids is 1. The van der Waals surface area contributed by atoms with Crippen LogP contribution < -0.4 is 5.73 Å². The van der Waals surface area contributed by atoms with Crippen LogP contribution in [0.1, 0.15) is 23.2 Å². The van der Waals surface area contributed by atoms with Gasteiger partial charge in [-0.3, -0.25) is 4.79 Å². The van der Waals surface area contributed by atoms with E-state index in [-0.39, 0.29) is 5.78 Å². The number of hydrogen-bond acceptors (Lipinski definition) is 2. The Morgan fingerprint density at radius 2 is 2.07 bits per heavy atom. The molecule has 0 amide bonds. The molecule has 1 aromatic rings. The molecule has 4 heteroatoms. The normalized spacial score (nSPS) is 10.2. The van der Waals surface area contributed by atoms with Gasteiger partial charge in [0.25, 0.3) is 0 Å². The first-order chi connectivity index (χ1) is 6.65. The Balaban J connectivity index is 2.83. The van der Waals surface area contributed by atoms with Crippen molar-refractivity contribution < 1.29 is 4.79 Å². The van der Waals surface area contributed by atoms with Crippen LogP contribution in [0.5, 0.6) is 0 Å². The van der Waals surface area contributed by atoms with Crippen molar-refractivity contribution in [3.63, 3.8) is 0 Å². The van der Waals surface area contributed by atoms with E-state index in [0.717, 1.165) is 0 Å². The molecule has 0 spiro atoms. The molecule has 0 radical (unpaired) electrons. The Morgan fingerprint density at radius 1 is 1.36 bits per heavy atom. The second-order valence-electron chi connectivity index (χ2n) is 2.94. The fraction of sp³-hybridized carbons (Fsp3) is 0.300. The van der Waals surface area contributed by atoms with Gasteiger partial charge in [-0.2, -0.15) is 0 Å². The molecule has 0 saturated heterocycles. The molecule has 0 aliphatic heterocycles. The number of halogens is 2. The first kappa shape index (κ1) is 11.5. The Kier molecular flexibility index (Phi) is 4.39. The first-order valence-corrected chi connectivity index (χ1v) is 5.09. The summed E-state index contributed by atoms with van der Waals surface area (Å²) < 4.78 is 0. The molecule has 0 fully saturated rings. The standard InChI is InChI=1S/C10H11Cl2NO/c11-7-3-4-9(12)8(6-7)10(14)2-1-5-13/h3-4,6H,1-2,5,13H2. The van der Waals surface area contributed by atoms with Crippen LogP contribution in [-0.4, -0.2) is 12.3 Å². The van der Waals surface area contributed by atoms with E-state index in [1.54, 1.807) is 18.2 Å². The molecule has 0 aromatic heterocycles. The van der Waals surface area contributed by atoms with Gasteiger partial charge in [0.1, 0.15) is 0 Å². The predicted octanol–water partition coefficient (Wildman–Crippen LogP) is 2.92. The smallest absolute Gasteiger partial charge is 0.164 e. The summed E-state index contributed by atoms with van der Waals surface area (Å²) in [7, 11) is 0. The Labute approximate surface area is 93.0 Å². The number of hydrogen-bond donors (Lipinski definition) is 1. The summed E-state index contributed by atoms with van der Waals surface area (Å²) >= 11 is 11.6. The van der Waals surface area contributed by atoms with E-state index in [1.807, 2.05) is 0 Å². The molecule has 0 heterocycles. The zero-order valence-corrected chi connectivity index (χ0v) is 9.11. The highest BCUT2D eigenvalue weighted by atomic mass is 35.5. The van der Waals surface area contributed by atoms with Crippen LogP contribution in [0.15, 0.2) is 18.2 Å². The van der Waals surface area contributed by atoms with Crippen molar-refractivity contribution in [1.29, 1.82) is 0 Å². The molecular formula is C10H11Cl2NO. The topological polar surface area (TPSA) is 43.1 Å². The van der Waals surface area contributed by atoms with E-state index in [9.17, 15) is 4.79 Å². The second-order valence-corrected chi connectivity index (χ2v) is 3.78. The molecule has 0 aliphatic carbocycles. The van der Waals surface area contributed by atoms with Gasteiger partial charge < -0.3 is 5.73 Å². The monoisotopic (exact) mass is 231 g/mol. The van der Waals surface area contributed by atoms with Crippen LogP contribution in [0.2, 0.25) is 10.0 Å². The number of ketones is 1. The lowest BCUT2D eigenvalue weighted by Gasteiger charge is -2.03. The van der Waals surface area contributed by atoms with Crippen LogP contribution in [0.3, 0.4) is 0 Å². The van der Waals surface area contributed by atoms with E-state index in [1.165, 1.54) is 0 Å². The average molecular weight is 232 g/mol. The number of Topliss-reactive ketones (excluding diaryl/α,β-unsaturated/α-hetero) is 1. The van der Waals surface area contributed by atoms with Gasteiger partial charge in [0.05, 0.1) is 5.02 Å². The minimum Gasteiger partial charge on any atom is -0.330 e. The van der Waals surface area contributed by atoms with Crippen molar-refractivity contribution in [2.75, 3.05) is 6.54 Å². The summed E-state index contributed by atoms with van der Waals surface area (Å²) in [5, 5.41) is 0.960. The molecule has 0 unspecified atom stereocenters. The summed E-state index contributed by atoms with van der Waals surface area (Å²) in [5.41, 5.74) is 5.79. The molecule has 2 nitrogen and oxygen atoms in total. The van der Waals surface area contributed by atoms with Crippen LogP contribution in [0.4, 0.5) is 0 Å². The number of carbonyl (C=O) groups is 1. The average Bonchev–Trinajstić information content (AvgIpc) is 2.18. The fourth-order valence-corrected chi connectivity index (χ4v) is 1.50. The van der Waals surface area contributed by atoms with Gasteiger partial charge in [-0.05, 0) is 31.2 Å².